The van der Waals surface area contributed by atoms with Crippen molar-refractivity contribution in [3.05, 3.63) is 90.3 Å². The number of amides is 2. The highest BCUT2D eigenvalue weighted by molar-refractivity contribution is 6.09. The molecule has 0 bridgehead atoms. The van der Waals surface area contributed by atoms with Crippen LogP contribution in [-0.4, -0.2) is 42.2 Å². The fourth-order valence-corrected chi connectivity index (χ4v) is 4.56. The molecule has 1 fully saturated rings. The summed E-state index contributed by atoms with van der Waals surface area (Å²) < 4.78 is 5.44. The van der Waals surface area contributed by atoms with E-state index < -0.39 is 0 Å². The van der Waals surface area contributed by atoms with Crippen LogP contribution in [0.3, 0.4) is 0 Å². The first-order valence-corrected chi connectivity index (χ1v) is 12.5. The first-order valence-electron chi connectivity index (χ1n) is 12.5. The van der Waals surface area contributed by atoms with Gasteiger partial charge in [0, 0.05) is 42.5 Å². The Bertz CT molecular complexity index is 1330. The van der Waals surface area contributed by atoms with E-state index in [1.54, 1.807) is 0 Å². The number of rotatable bonds is 6. The fraction of sp³-hybridized carbons (Fsp3) is 0.267. The zero-order chi connectivity index (χ0) is 24.9. The predicted molar refractivity (Wildman–Crippen MR) is 146 cm³/mol. The monoisotopic (exact) mass is 480 g/mol. The maximum atomic E-state index is 12.8. The topological polar surface area (TPSA) is 66.5 Å². The first kappa shape index (κ1) is 24.0. The molecule has 1 saturated heterocycles. The van der Waals surface area contributed by atoms with Crippen LogP contribution in [0.1, 0.15) is 31.0 Å². The Kier molecular flexibility index (Phi) is 7.26. The van der Waals surface area contributed by atoms with Crippen molar-refractivity contribution in [3.63, 3.8) is 0 Å². The highest BCUT2D eigenvalue weighted by Gasteiger charge is 2.13. The molecule has 2 heterocycles. The fourth-order valence-electron chi connectivity index (χ4n) is 4.56. The summed E-state index contributed by atoms with van der Waals surface area (Å²) in [5.41, 5.74) is 5.97. The first-order chi connectivity index (χ1) is 17.6. The molecule has 36 heavy (non-hydrogen) atoms. The van der Waals surface area contributed by atoms with Gasteiger partial charge in [0.2, 0.25) is 0 Å². The van der Waals surface area contributed by atoms with E-state index >= 15 is 0 Å². The summed E-state index contributed by atoms with van der Waals surface area (Å²) in [7, 11) is 0. The van der Waals surface area contributed by atoms with Gasteiger partial charge in [-0.25, -0.2) is 4.79 Å². The van der Waals surface area contributed by atoms with Gasteiger partial charge >= 0.3 is 6.03 Å². The number of pyridine rings is 1. The number of hydrogen-bond acceptors (Lipinski definition) is 4. The lowest BCUT2D eigenvalue weighted by molar-refractivity contribution is 0.0336. The third-order valence-electron chi connectivity index (χ3n) is 6.63. The molecule has 0 radical (unpaired) electrons. The minimum atomic E-state index is -0.265. The van der Waals surface area contributed by atoms with Gasteiger partial charge in [-0.15, -0.1) is 0 Å². The van der Waals surface area contributed by atoms with Crippen LogP contribution >= 0.6 is 0 Å². The second-order valence-electron chi connectivity index (χ2n) is 9.49. The van der Waals surface area contributed by atoms with Gasteiger partial charge in [0.05, 0.1) is 24.6 Å². The largest absolute Gasteiger partial charge is 0.379 e. The lowest BCUT2D eigenvalue weighted by atomic mass is 9.98. The highest BCUT2D eigenvalue weighted by atomic mass is 16.5. The molecular formula is C30H32N4O2. The van der Waals surface area contributed by atoms with Crippen LogP contribution in [0.15, 0.2) is 79.0 Å². The van der Waals surface area contributed by atoms with Crippen molar-refractivity contribution in [2.45, 2.75) is 26.3 Å². The zero-order valence-corrected chi connectivity index (χ0v) is 20.8. The molecule has 2 amide bonds. The molecule has 1 aliphatic heterocycles. The second-order valence-corrected chi connectivity index (χ2v) is 9.49. The van der Waals surface area contributed by atoms with E-state index in [0.29, 0.717) is 5.92 Å². The van der Waals surface area contributed by atoms with Crippen LogP contribution < -0.4 is 10.6 Å². The summed E-state index contributed by atoms with van der Waals surface area (Å²) in [5, 5.41) is 8.01. The summed E-state index contributed by atoms with van der Waals surface area (Å²) in [6, 6.07) is 24.1. The van der Waals surface area contributed by atoms with Crippen molar-refractivity contribution >= 4 is 28.2 Å². The number of fused-ring (bicyclic) bond motifs is 1. The number of aromatic nitrogens is 1. The van der Waals surface area contributed by atoms with Crippen LogP contribution in [0.5, 0.6) is 0 Å². The van der Waals surface area contributed by atoms with Crippen LogP contribution in [0.25, 0.3) is 21.9 Å². The van der Waals surface area contributed by atoms with Crippen LogP contribution in [0, 0.1) is 0 Å². The molecule has 0 unspecified atom stereocenters. The van der Waals surface area contributed by atoms with Gasteiger partial charge in [-0.3, -0.25) is 9.88 Å². The molecule has 5 rings (SSSR count). The van der Waals surface area contributed by atoms with E-state index in [0.717, 1.165) is 71.8 Å². The number of benzene rings is 3. The minimum absolute atomic E-state index is 0.265. The summed E-state index contributed by atoms with van der Waals surface area (Å²) >= 11 is 0. The van der Waals surface area contributed by atoms with Crippen molar-refractivity contribution in [1.82, 2.24) is 9.88 Å². The van der Waals surface area contributed by atoms with Crippen molar-refractivity contribution < 1.29 is 9.53 Å². The SMILES string of the molecule is CC(C)c1ccc(NC(=O)Nc2ccc(-c3ccc(CN4CCOCC4)nc3)c3ccccc23)cc1. The third kappa shape index (κ3) is 5.56. The Morgan fingerprint density at radius 1 is 0.917 bits per heavy atom. The average molecular weight is 481 g/mol. The molecule has 0 saturated carbocycles. The minimum Gasteiger partial charge on any atom is -0.379 e. The molecule has 2 N–H and O–H groups in total. The van der Waals surface area contributed by atoms with Gasteiger partial charge in [0.25, 0.3) is 0 Å². The molecule has 0 aliphatic carbocycles. The van der Waals surface area contributed by atoms with E-state index in [9.17, 15) is 4.79 Å². The van der Waals surface area contributed by atoms with Gasteiger partial charge in [0.15, 0.2) is 0 Å². The summed E-state index contributed by atoms with van der Waals surface area (Å²) in [6.45, 7) is 8.60. The predicted octanol–water partition coefficient (Wildman–Crippen LogP) is 6.50. The van der Waals surface area contributed by atoms with Crippen molar-refractivity contribution in [3.8, 4) is 11.1 Å². The molecule has 0 atom stereocenters. The normalized spacial score (nSPS) is 14.2. The van der Waals surface area contributed by atoms with Gasteiger partial charge in [-0.2, -0.15) is 0 Å². The maximum absolute atomic E-state index is 12.8. The number of nitrogens with one attached hydrogen (secondary N) is 2. The number of anilines is 2. The van der Waals surface area contributed by atoms with Crippen molar-refractivity contribution in [1.29, 1.82) is 0 Å². The molecule has 3 aromatic carbocycles. The van der Waals surface area contributed by atoms with E-state index in [4.69, 9.17) is 9.72 Å². The van der Waals surface area contributed by atoms with E-state index in [1.165, 1.54) is 5.56 Å². The molecule has 4 aromatic rings. The molecule has 1 aliphatic rings. The van der Waals surface area contributed by atoms with Crippen molar-refractivity contribution in [2.75, 3.05) is 36.9 Å². The second kappa shape index (κ2) is 10.9. The van der Waals surface area contributed by atoms with Crippen LogP contribution in [0.4, 0.5) is 16.2 Å². The van der Waals surface area contributed by atoms with E-state index in [2.05, 4.69) is 47.6 Å². The third-order valence-corrected chi connectivity index (χ3v) is 6.63. The van der Waals surface area contributed by atoms with Gasteiger partial charge in [-0.05, 0) is 46.7 Å². The Morgan fingerprint density at radius 3 is 2.36 bits per heavy atom. The quantitative estimate of drug-likeness (QED) is 0.331. The Balaban J connectivity index is 1.33. The number of hydrogen-bond donors (Lipinski definition) is 2. The van der Waals surface area contributed by atoms with E-state index in [-0.39, 0.29) is 6.03 Å². The number of urea groups is 1. The summed E-state index contributed by atoms with van der Waals surface area (Å²) in [4.78, 5) is 19.9. The Hall–Kier alpha value is -3.74. The number of carbonyl (C=O) groups excluding carboxylic acids is 1. The number of carbonyl (C=O) groups is 1. The van der Waals surface area contributed by atoms with E-state index in [1.807, 2.05) is 60.8 Å². The maximum Gasteiger partial charge on any atom is 0.323 e. The van der Waals surface area contributed by atoms with Crippen molar-refractivity contribution in [2.24, 2.45) is 0 Å². The Morgan fingerprint density at radius 2 is 1.67 bits per heavy atom. The standard InChI is InChI=1S/C30H32N4O2/c1-21(2)22-7-10-24(11-8-22)32-30(35)33-29-14-13-26(27-5-3-4-6-28(27)29)23-9-12-25(31-19-23)20-34-15-17-36-18-16-34/h3-14,19,21H,15-18,20H2,1-2H3,(H2,32,33,35). The molecule has 0 spiro atoms. The molecule has 6 heteroatoms. The lowest BCUT2D eigenvalue weighted by Crippen LogP contribution is -2.35. The van der Waals surface area contributed by atoms with Gasteiger partial charge in [0.1, 0.15) is 0 Å². The smallest absolute Gasteiger partial charge is 0.323 e. The van der Waals surface area contributed by atoms with Crippen LogP contribution in [0.2, 0.25) is 0 Å². The summed E-state index contributed by atoms with van der Waals surface area (Å²) in [5.74, 6) is 0.453. The summed E-state index contributed by atoms with van der Waals surface area (Å²) in [6.07, 6.45) is 1.94. The molecule has 184 valence electrons. The average Bonchev–Trinajstić information content (AvgIpc) is 2.90. The number of ether oxygens (including phenoxy) is 1. The van der Waals surface area contributed by atoms with Gasteiger partial charge in [-0.1, -0.05) is 62.4 Å². The lowest BCUT2D eigenvalue weighted by Gasteiger charge is -2.26. The Labute approximate surface area is 212 Å². The van der Waals surface area contributed by atoms with Crippen LogP contribution in [-0.2, 0) is 11.3 Å². The molecular weight excluding hydrogens is 448 g/mol. The molecule has 6 nitrogen and oxygen atoms in total. The number of morpholine rings is 1. The zero-order valence-electron chi connectivity index (χ0n) is 20.8. The van der Waals surface area contributed by atoms with Gasteiger partial charge < -0.3 is 15.4 Å². The highest BCUT2D eigenvalue weighted by Crippen LogP contribution is 2.33. The molecule has 1 aromatic heterocycles. The number of nitrogens with zero attached hydrogens (tertiary/aromatic N) is 2.